The van der Waals surface area contributed by atoms with E-state index in [1.165, 1.54) is 25.6 Å². The van der Waals surface area contributed by atoms with E-state index in [0.717, 1.165) is 125 Å². The number of hydrogen-bond donors (Lipinski definition) is 0. The number of aromatic nitrogens is 2. The number of nitriles is 1. The predicted molar refractivity (Wildman–Crippen MR) is 341 cm³/mol. The van der Waals surface area contributed by atoms with E-state index in [9.17, 15) is 11.8 Å². The molecule has 0 aliphatic heterocycles. The second kappa shape index (κ2) is 17.5. The molecule has 0 aliphatic rings. The van der Waals surface area contributed by atoms with E-state index in [1.807, 2.05) is 54.6 Å². The van der Waals surface area contributed by atoms with Crippen LogP contribution in [-0.4, -0.2) is 9.13 Å². The van der Waals surface area contributed by atoms with Crippen LogP contribution < -0.4 is 0 Å². The predicted octanol–water partition coefficient (Wildman–Crippen LogP) is 21.6. The second-order valence-electron chi connectivity index (χ2n) is 20.7. The van der Waals surface area contributed by atoms with Gasteiger partial charge in [-0.15, -0.1) is 22.7 Å². The SMILES string of the molecule is [C-]#[N+]c1c(-c2ccccc2)c(C#N)c(-n2c3c(ccc4c5ccccc5sc43)c3cc(-c4ccccc4)c4c5ccccc5sc4c32)c(-c2ccccc2)c1-n1c2ccccc2c2ccc(-c3cccc4oc5ccccc5c34)cc21. The Labute approximate surface area is 471 Å². The third-order valence-electron chi connectivity index (χ3n) is 16.6. The van der Waals surface area contributed by atoms with Gasteiger partial charge in [-0.05, 0) is 75.8 Å². The smallest absolute Gasteiger partial charge is 0.220 e. The van der Waals surface area contributed by atoms with Gasteiger partial charge in [0.15, 0.2) is 0 Å². The van der Waals surface area contributed by atoms with Gasteiger partial charge in [0, 0.05) is 74.4 Å². The summed E-state index contributed by atoms with van der Waals surface area (Å²) >= 11 is 3.60. The number of fused-ring (bicyclic) bond motifs is 17. The highest BCUT2D eigenvalue weighted by molar-refractivity contribution is 7.27. The van der Waals surface area contributed by atoms with Gasteiger partial charge in [0.2, 0.25) is 5.69 Å². The summed E-state index contributed by atoms with van der Waals surface area (Å²) in [7, 11) is 0. The molecular formula is C74H40N4OS2. The van der Waals surface area contributed by atoms with Crippen molar-refractivity contribution in [2.45, 2.75) is 0 Å². The molecule has 0 amide bonds. The van der Waals surface area contributed by atoms with Crippen molar-refractivity contribution in [1.29, 1.82) is 5.26 Å². The van der Waals surface area contributed by atoms with E-state index < -0.39 is 0 Å². The van der Waals surface area contributed by atoms with E-state index >= 15 is 0 Å². The van der Waals surface area contributed by atoms with Crippen LogP contribution in [0.2, 0.25) is 0 Å². The molecule has 0 fully saturated rings. The fourth-order valence-corrected chi connectivity index (χ4v) is 15.7. The standard InChI is InChI=1S/C74H40N4OS2/c1-76-68-64(44-22-7-3-8-23-44)57(42-75)69(78-70-51(38-39-52-50-27-13-17-34-62(50)80-73(52)70)56-41-55(43-20-5-2-6-21-43)67-54-29-14-18-35-63(54)81-74(67)71(56)78)65(45-24-9-4-10-25-45)72(68)77-58-31-15-11-26-48(58)49-37-36-46(40-59(49)77)47-30-19-33-61-66(47)53-28-12-16-32-60(53)79-61/h2-41H. The zero-order chi connectivity index (χ0) is 53.4. The third kappa shape index (κ3) is 6.45. The van der Waals surface area contributed by atoms with Crippen LogP contribution in [0.5, 0.6) is 0 Å². The maximum Gasteiger partial charge on any atom is 0.220 e. The molecule has 7 heteroatoms. The van der Waals surface area contributed by atoms with E-state index in [0.29, 0.717) is 22.5 Å². The molecule has 12 aromatic carbocycles. The Morgan fingerprint density at radius 2 is 0.975 bits per heavy atom. The minimum absolute atomic E-state index is 0.391. The number of thiophene rings is 2. The van der Waals surface area contributed by atoms with Gasteiger partial charge < -0.3 is 13.6 Å². The number of para-hydroxylation sites is 2. The largest absolute Gasteiger partial charge is 0.456 e. The Morgan fingerprint density at radius 1 is 0.395 bits per heavy atom. The van der Waals surface area contributed by atoms with Gasteiger partial charge in [-0.25, -0.2) is 4.85 Å². The molecule has 0 unspecified atom stereocenters. The molecule has 17 rings (SSSR count). The lowest BCUT2D eigenvalue weighted by Crippen LogP contribution is -2.09. The van der Waals surface area contributed by atoms with Crippen LogP contribution in [0.15, 0.2) is 247 Å². The van der Waals surface area contributed by atoms with Crippen molar-refractivity contribution < 1.29 is 4.42 Å². The molecule has 0 saturated carbocycles. The van der Waals surface area contributed by atoms with Crippen molar-refractivity contribution >= 4 is 134 Å². The van der Waals surface area contributed by atoms with Gasteiger partial charge in [0.25, 0.3) is 0 Å². The molecule has 374 valence electrons. The van der Waals surface area contributed by atoms with Crippen molar-refractivity contribution in [3.8, 4) is 62.0 Å². The monoisotopic (exact) mass is 1060 g/mol. The maximum absolute atomic E-state index is 12.4. The molecule has 0 atom stereocenters. The lowest BCUT2D eigenvalue weighted by molar-refractivity contribution is 0.669. The highest BCUT2D eigenvalue weighted by Gasteiger charge is 2.34. The number of nitrogens with zero attached hydrogens (tertiary/aromatic N) is 4. The molecular weight excluding hydrogens is 1020 g/mol. The van der Waals surface area contributed by atoms with Gasteiger partial charge in [0.1, 0.15) is 17.2 Å². The summed E-state index contributed by atoms with van der Waals surface area (Å²) in [5.41, 5.74) is 15.2. The summed E-state index contributed by atoms with van der Waals surface area (Å²) in [4.78, 5) is 4.67. The van der Waals surface area contributed by atoms with E-state index in [-0.39, 0.29) is 0 Å². The summed E-state index contributed by atoms with van der Waals surface area (Å²) < 4.78 is 15.9. The van der Waals surface area contributed by atoms with E-state index in [2.05, 4.69) is 208 Å². The Morgan fingerprint density at radius 3 is 1.73 bits per heavy atom. The molecule has 0 saturated heterocycles. The summed E-state index contributed by atoms with van der Waals surface area (Å²) in [5, 5.41) is 23.5. The average molecular weight is 1070 g/mol. The fraction of sp³-hybridized carbons (Fsp3) is 0. The molecule has 0 spiro atoms. The van der Waals surface area contributed by atoms with Gasteiger partial charge in [0.05, 0.1) is 55.0 Å². The lowest BCUT2D eigenvalue weighted by atomic mass is 9.88. The van der Waals surface area contributed by atoms with Crippen LogP contribution in [0.25, 0.3) is 167 Å². The minimum Gasteiger partial charge on any atom is -0.456 e. The minimum atomic E-state index is 0.391. The quantitative estimate of drug-likeness (QED) is 0.156. The topological polar surface area (TPSA) is 51.1 Å². The molecule has 0 radical (unpaired) electrons. The summed E-state index contributed by atoms with van der Waals surface area (Å²) in [6, 6.07) is 88.5. The van der Waals surface area contributed by atoms with Crippen molar-refractivity contribution in [1.82, 2.24) is 9.13 Å². The van der Waals surface area contributed by atoms with Gasteiger partial charge >= 0.3 is 0 Å². The average Bonchev–Trinajstić information content (AvgIpc) is 4.47. The van der Waals surface area contributed by atoms with Crippen LogP contribution in [0, 0.1) is 17.9 Å². The van der Waals surface area contributed by atoms with Crippen LogP contribution in [0.3, 0.4) is 0 Å². The molecule has 17 aromatic rings. The number of furan rings is 1. The molecule has 5 aromatic heterocycles. The van der Waals surface area contributed by atoms with Crippen molar-refractivity contribution in [3.05, 3.63) is 260 Å². The molecule has 81 heavy (non-hydrogen) atoms. The Hall–Kier alpha value is -10.5. The van der Waals surface area contributed by atoms with E-state index in [1.54, 1.807) is 22.7 Å². The molecule has 5 heterocycles. The molecule has 0 N–H and O–H groups in total. The zero-order valence-electron chi connectivity index (χ0n) is 43.1. The highest BCUT2D eigenvalue weighted by Crippen LogP contribution is 2.56. The van der Waals surface area contributed by atoms with E-state index in [4.69, 9.17) is 4.42 Å². The van der Waals surface area contributed by atoms with Crippen LogP contribution in [-0.2, 0) is 0 Å². The van der Waals surface area contributed by atoms with Crippen LogP contribution >= 0.6 is 22.7 Å². The Kier molecular flexibility index (Phi) is 9.82. The van der Waals surface area contributed by atoms with Gasteiger partial charge in [-0.3, -0.25) is 0 Å². The molecule has 0 aliphatic carbocycles. The second-order valence-corrected chi connectivity index (χ2v) is 22.9. The third-order valence-corrected chi connectivity index (χ3v) is 18.9. The van der Waals surface area contributed by atoms with Crippen LogP contribution in [0.1, 0.15) is 5.56 Å². The number of rotatable bonds is 6. The van der Waals surface area contributed by atoms with Crippen LogP contribution in [0.4, 0.5) is 5.69 Å². The Bertz CT molecular complexity index is 5610. The molecule has 0 bridgehead atoms. The normalized spacial score (nSPS) is 11.9. The lowest BCUT2D eigenvalue weighted by Gasteiger charge is -2.26. The number of hydrogen-bond acceptors (Lipinski definition) is 4. The number of benzene rings is 12. The first-order chi connectivity index (χ1) is 40.1. The summed E-state index contributed by atoms with van der Waals surface area (Å²) in [6.45, 7) is 9.59. The maximum atomic E-state index is 12.4. The van der Waals surface area contributed by atoms with Gasteiger partial charge in [-0.2, -0.15) is 5.26 Å². The highest BCUT2D eigenvalue weighted by atomic mass is 32.1. The fourth-order valence-electron chi connectivity index (χ4n) is 13.2. The van der Waals surface area contributed by atoms with Crippen molar-refractivity contribution in [2.75, 3.05) is 0 Å². The van der Waals surface area contributed by atoms with Crippen molar-refractivity contribution in [3.63, 3.8) is 0 Å². The Balaban J connectivity index is 1.13. The van der Waals surface area contributed by atoms with Crippen molar-refractivity contribution in [2.24, 2.45) is 0 Å². The summed E-state index contributed by atoms with van der Waals surface area (Å²) in [6.07, 6.45) is 0. The first-order valence-electron chi connectivity index (χ1n) is 27.0. The summed E-state index contributed by atoms with van der Waals surface area (Å²) in [5.74, 6) is 0. The van der Waals surface area contributed by atoms with Gasteiger partial charge in [-0.1, -0.05) is 200 Å². The zero-order valence-corrected chi connectivity index (χ0v) is 44.7. The first kappa shape index (κ1) is 45.5. The molecule has 5 nitrogen and oxygen atoms in total. The first-order valence-corrected chi connectivity index (χ1v) is 28.6.